The van der Waals surface area contributed by atoms with Crippen molar-refractivity contribution < 1.29 is 17.9 Å². The van der Waals surface area contributed by atoms with Gasteiger partial charge in [-0.1, -0.05) is 6.92 Å². The zero-order valence-electron chi connectivity index (χ0n) is 12.7. The van der Waals surface area contributed by atoms with Crippen LogP contribution in [0.15, 0.2) is 29.2 Å². The summed E-state index contributed by atoms with van der Waals surface area (Å²) in [6.07, 6.45) is 2.79. The van der Waals surface area contributed by atoms with Crippen LogP contribution < -0.4 is 10.0 Å². The first kappa shape index (κ1) is 16.9. The molecular formula is C15H22N2O4S. The van der Waals surface area contributed by atoms with Gasteiger partial charge in [0.2, 0.25) is 10.0 Å². The topological polar surface area (TPSA) is 84.5 Å². The van der Waals surface area contributed by atoms with Crippen LogP contribution in [-0.4, -0.2) is 40.1 Å². The molecule has 0 aliphatic carbocycles. The second kappa shape index (κ2) is 7.71. The minimum atomic E-state index is -3.49. The molecule has 0 bridgehead atoms. The van der Waals surface area contributed by atoms with E-state index in [4.69, 9.17) is 4.74 Å². The van der Waals surface area contributed by atoms with Crippen LogP contribution in [0.5, 0.6) is 0 Å². The molecule has 1 saturated heterocycles. The fourth-order valence-electron chi connectivity index (χ4n) is 2.22. The summed E-state index contributed by atoms with van der Waals surface area (Å²) in [6, 6.07) is 5.93. The monoisotopic (exact) mass is 326 g/mol. The van der Waals surface area contributed by atoms with E-state index in [0.29, 0.717) is 18.7 Å². The number of nitrogens with one attached hydrogen (secondary N) is 2. The van der Waals surface area contributed by atoms with E-state index in [1.54, 1.807) is 0 Å². The maximum absolute atomic E-state index is 12.0. The highest BCUT2D eigenvalue weighted by Crippen LogP contribution is 2.12. The molecule has 122 valence electrons. The Morgan fingerprint density at radius 1 is 1.32 bits per heavy atom. The Bertz CT molecular complexity index is 592. The third-order valence-electron chi connectivity index (χ3n) is 3.48. The summed E-state index contributed by atoms with van der Waals surface area (Å²) in [7, 11) is -3.49. The molecule has 6 nitrogen and oxygen atoms in total. The summed E-state index contributed by atoms with van der Waals surface area (Å²) >= 11 is 0. The van der Waals surface area contributed by atoms with E-state index in [1.165, 1.54) is 24.3 Å². The van der Waals surface area contributed by atoms with Gasteiger partial charge in [0, 0.05) is 25.3 Å². The predicted octanol–water partition coefficient (Wildman–Crippen LogP) is 1.28. The molecule has 1 aliphatic heterocycles. The Balaban J connectivity index is 1.94. The van der Waals surface area contributed by atoms with E-state index in [1.807, 2.05) is 6.92 Å². The Morgan fingerprint density at radius 3 is 2.64 bits per heavy atom. The molecule has 2 rings (SSSR count). The number of hydrogen-bond acceptors (Lipinski definition) is 4. The maximum atomic E-state index is 12.0. The van der Waals surface area contributed by atoms with Gasteiger partial charge in [0.1, 0.15) is 0 Å². The first-order valence-corrected chi connectivity index (χ1v) is 9.01. The number of carbonyl (C=O) groups excluding carboxylic acids is 1. The summed E-state index contributed by atoms with van der Waals surface area (Å²) in [5, 5.41) is 2.80. The fourth-order valence-corrected chi connectivity index (χ4v) is 3.35. The maximum Gasteiger partial charge on any atom is 0.251 e. The minimum Gasteiger partial charge on any atom is -0.376 e. The average Bonchev–Trinajstić information content (AvgIpc) is 3.04. The van der Waals surface area contributed by atoms with Gasteiger partial charge in [-0.15, -0.1) is 0 Å². The van der Waals surface area contributed by atoms with Gasteiger partial charge in [-0.2, -0.15) is 0 Å². The molecule has 2 N–H and O–H groups in total. The first-order valence-electron chi connectivity index (χ1n) is 7.52. The number of ether oxygens (including phenoxy) is 1. The van der Waals surface area contributed by atoms with Crippen molar-refractivity contribution in [2.24, 2.45) is 0 Å². The van der Waals surface area contributed by atoms with E-state index < -0.39 is 10.0 Å². The minimum absolute atomic E-state index is 0.0850. The van der Waals surface area contributed by atoms with Gasteiger partial charge in [-0.3, -0.25) is 4.79 Å². The molecule has 0 aromatic heterocycles. The Morgan fingerprint density at radius 2 is 2.05 bits per heavy atom. The Kier molecular flexibility index (Phi) is 5.93. The lowest BCUT2D eigenvalue weighted by Crippen LogP contribution is -2.31. The van der Waals surface area contributed by atoms with Crippen LogP contribution in [0.2, 0.25) is 0 Å². The van der Waals surface area contributed by atoms with Crippen LogP contribution in [-0.2, 0) is 14.8 Å². The second-order valence-electron chi connectivity index (χ2n) is 5.27. The van der Waals surface area contributed by atoms with Gasteiger partial charge in [0.25, 0.3) is 5.91 Å². The van der Waals surface area contributed by atoms with Gasteiger partial charge in [0.15, 0.2) is 0 Å². The third-order valence-corrected chi connectivity index (χ3v) is 4.96. The molecule has 1 aromatic carbocycles. The van der Waals surface area contributed by atoms with Gasteiger partial charge < -0.3 is 10.1 Å². The molecule has 0 radical (unpaired) electrons. The Labute approximate surface area is 131 Å². The lowest BCUT2D eigenvalue weighted by atomic mass is 10.2. The molecule has 7 heteroatoms. The number of amides is 1. The van der Waals surface area contributed by atoms with Crippen molar-refractivity contribution in [3.05, 3.63) is 29.8 Å². The molecule has 0 unspecified atom stereocenters. The highest BCUT2D eigenvalue weighted by molar-refractivity contribution is 7.89. The SMILES string of the molecule is CCCNS(=O)(=O)c1ccc(C(=O)NC[C@H]2CCCO2)cc1. The summed E-state index contributed by atoms with van der Waals surface area (Å²) < 4.78 is 31.8. The van der Waals surface area contributed by atoms with Gasteiger partial charge in [0.05, 0.1) is 11.0 Å². The molecule has 1 fully saturated rings. The molecule has 0 spiro atoms. The fraction of sp³-hybridized carbons (Fsp3) is 0.533. The normalized spacial score (nSPS) is 18.3. The van der Waals surface area contributed by atoms with E-state index in [2.05, 4.69) is 10.0 Å². The molecule has 1 atom stereocenters. The number of benzene rings is 1. The summed E-state index contributed by atoms with van der Waals surface area (Å²) in [5.74, 6) is -0.221. The second-order valence-corrected chi connectivity index (χ2v) is 7.03. The number of carbonyl (C=O) groups is 1. The van der Waals surface area contributed by atoms with Crippen molar-refractivity contribution >= 4 is 15.9 Å². The van der Waals surface area contributed by atoms with E-state index >= 15 is 0 Å². The van der Waals surface area contributed by atoms with Crippen LogP contribution in [0.3, 0.4) is 0 Å². The van der Waals surface area contributed by atoms with E-state index in [0.717, 1.165) is 25.9 Å². The van der Waals surface area contributed by atoms with Crippen molar-refractivity contribution in [3.63, 3.8) is 0 Å². The smallest absolute Gasteiger partial charge is 0.251 e. The van der Waals surface area contributed by atoms with Gasteiger partial charge in [-0.05, 0) is 43.5 Å². The molecule has 1 heterocycles. The summed E-state index contributed by atoms with van der Waals surface area (Å²) in [6.45, 7) is 3.52. The quantitative estimate of drug-likeness (QED) is 0.790. The van der Waals surface area contributed by atoms with Crippen LogP contribution in [0, 0.1) is 0 Å². The average molecular weight is 326 g/mol. The third kappa shape index (κ3) is 4.53. The first-order chi connectivity index (χ1) is 10.5. The predicted molar refractivity (Wildman–Crippen MR) is 83.2 cm³/mol. The molecule has 22 heavy (non-hydrogen) atoms. The zero-order valence-corrected chi connectivity index (χ0v) is 13.5. The van der Waals surface area contributed by atoms with Crippen LogP contribution in [0.25, 0.3) is 0 Å². The van der Waals surface area contributed by atoms with Crippen molar-refractivity contribution in [1.82, 2.24) is 10.0 Å². The summed E-state index contributed by atoms with van der Waals surface area (Å²) in [4.78, 5) is 12.2. The van der Waals surface area contributed by atoms with Crippen molar-refractivity contribution in [2.75, 3.05) is 19.7 Å². The highest BCUT2D eigenvalue weighted by Gasteiger charge is 2.17. The van der Waals surface area contributed by atoms with Crippen molar-refractivity contribution in [2.45, 2.75) is 37.2 Å². The number of sulfonamides is 1. The van der Waals surface area contributed by atoms with Crippen molar-refractivity contribution in [3.8, 4) is 0 Å². The largest absolute Gasteiger partial charge is 0.376 e. The summed E-state index contributed by atoms with van der Waals surface area (Å²) in [5.41, 5.74) is 0.437. The van der Waals surface area contributed by atoms with Crippen LogP contribution in [0.4, 0.5) is 0 Å². The zero-order chi connectivity index (χ0) is 16.0. The van der Waals surface area contributed by atoms with Gasteiger partial charge >= 0.3 is 0 Å². The standard InChI is InChI=1S/C15H22N2O4S/c1-2-9-17-22(19,20)14-7-5-12(6-8-14)15(18)16-11-13-4-3-10-21-13/h5-8,13,17H,2-4,9-11H2,1H3,(H,16,18)/t13-/m1/s1. The lowest BCUT2D eigenvalue weighted by Gasteiger charge is -2.11. The molecular weight excluding hydrogens is 304 g/mol. The molecule has 1 aromatic rings. The molecule has 1 amide bonds. The van der Waals surface area contributed by atoms with Crippen molar-refractivity contribution in [1.29, 1.82) is 0 Å². The van der Waals surface area contributed by atoms with Crippen LogP contribution in [0.1, 0.15) is 36.5 Å². The number of hydrogen-bond donors (Lipinski definition) is 2. The highest BCUT2D eigenvalue weighted by atomic mass is 32.2. The lowest BCUT2D eigenvalue weighted by molar-refractivity contribution is 0.0857. The van der Waals surface area contributed by atoms with Gasteiger partial charge in [-0.25, -0.2) is 13.1 Å². The van der Waals surface area contributed by atoms with E-state index in [-0.39, 0.29) is 16.9 Å². The molecule has 1 aliphatic rings. The van der Waals surface area contributed by atoms with E-state index in [9.17, 15) is 13.2 Å². The molecule has 0 saturated carbocycles. The van der Waals surface area contributed by atoms with Crippen LogP contribution >= 0.6 is 0 Å². The number of rotatable bonds is 7. The Hall–Kier alpha value is -1.44.